The average molecular weight is 462 g/mol. The monoisotopic (exact) mass is 461 g/mol. The molecule has 0 aliphatic heterocycles. The van der Waals surface area contributed by atoms with Crippen LogP contribution in [0, 0.1) is 10.1 Å². The van der Waals surface area contributed by atoms with E-state index in [9.17, 15) is 10.1 Å². The molecule has 0 aliphatic rings. The Morgan fingerprint density at radius 1 is 1.28 bits per heavy atom. The fraction of sp³-hybridized carbons (Fsp3) is 0.133. The topological polar surface area (TPSA) is 156 Å². The van der Waals surface area contributed by atoms with Gasteiger partial charge in [-0.3, -0.25) is 14.5 Å². The zero-order chi connectivity index (χ0) is 19.6. The zero-order valence-electron chi connectivity index (χ0n) is 15.1. The van der Waals surface area contributed by atoms with E-state index < -0.39 is 4.92 Å². The number of rotatable bonds is 6. The van der Waals surface area contributed by atoms with Gasteiger partial charge in [0.25, 0.3) is 0 Å². The summed E-state index contributed by atoms with van der Waals surface area (Å²) >= 11 is 1.36. The van der Waals surface area contributed by atoms with Crippen LogP contribution in [0.15, 0.2) is 33.9 Å². The molecular weight excluding hydrogens is 445 g/mol. The molecule has 2 heterocycles. The average Bonchev–Trinajstić information content (AvgIpc) is 3.22. The van der Waals surface area contributed by atoms with Crippen LogP contribution in [0.25, 0.3) is 16.2 Å². The number of methoxy groups -OCH3 is 2. The highest BCUT2D eigenvalue weighted by molar-refractivity contribution is 7.15. The molecule has 0 radical (unpaired) electrons. The summed E-state index contributed by atoms with van der Waals surface area (Å²) in [5.41, 5.74) is 11.2. The third-order valence-electron chi connectivity index (χ3n) is 3.61. The molecule has 3 aromatic rings. The summed E-state index contributed by atoms with van der Waals surface area (Å²) in [6.07, 6.45) is 3.12. The SMILES string of the molecule is COc1ccc(OC)c([N+](=O)[O-])c1-c1nc2sccn2c1/C=N/N=C(N)N.Cl.Cl. The molecule has 11 nitrogen and oxygen atoms in total. The number of nitro groups is 1. The first kappa shape index (κ1) is 23.9. The molecule has 0 atom stereocenters. The number of ether oxygens (including phenoxy) is 2. The Labute approximate surface area is 181 Å². The number of hydrogen-bond donors (Lipinski definition) is 2. The van der Waals surface area contributed by atoms with Gasteiger partial charge in [0.2, 0.25) is 5.96 Å². The molecule has 0 bridgehead atoms. The van der Waals surface area contributed by atoms with Gasteiger partial charge >= 0.3 is 5.69 Å². The Hall–Kier alpha value is -3.09. The molecule has 0 aliphatic carbocycles. The van der Waals surface area contributed by atoms with Gasteiger partial charge in [-0.25, -0.2) is 4.98 Å². The van der Waals surface area contributed by atoms with Gasteiger partial charge in [-0.2, -0.15) is 5.10 Å². The highest BCUT2D eigenvalue weighted by atomic mass is 35.5. The quantitative estimate of drug-likeness (QED) is 0.247. The summed E-state index contributed by atoms with van der Waals surface area (Å²) in [7, 11) is 2.77. The maximum atomic E-state index is 11.8. The van der Waals surface area contributed by atoms with Crippen molar-refractivity contribution in [2.45, 2.75) is 0 Å². The number of fused-ring (bicyclic) bond motifs is 1. The number of aromatic nitrogens is 2. The lowest BCUT2D eigenvalue weighted by atomic mass is 10.1. The van der Waals surface area contributed by atoms with Crippen LogP contribution >= 0.6 is 36.2 Å². The normalized spacial score (nSPS) is 10.3. The molecule has 0 spiro atoms. The summed E-state index contributed by atoms with van der Waals surface area (Å²) in [4.78, 5) is 16.3. The zero-order valence-corrected chi connectivity index (χ0v) is 17.6. The van der Waals surface area contributed by atoms with Crippen molar-refractivity contribution in [3.8, 4) is 22.8 Å². The smallest absolute Gasteiger partial charge is 0.324 e. The predicted octanol–water partition coefficient (Wildman–Crippen LogP) is 2.44. The van der Waals surface area contributed by atoms with Crippen molar-refractivity contribution in [1.82, 2.24) is 9.38 Å². The van der Waals surface area contributed by atoms with Crippen LogP contribution in [0.2, 0.25) is 0 Å². The van der Waals surface area contributed by atoms with E-state index in [1.54, 1.807) is 16.7 Å². The molecule has 29 heavy (non-hydrogen) atoms. The summed E-state index contributed by atoms with van der Waals surface area (Å²) in [5.74, 6) is 0.132. The van der Waals surface area contributed by atoms with E-state index in [2.05, 4.69) is 15.2 Å². The van der Waals surface area contributed by atoms with Gasteiger partial charge in [-0.05, 0) is 12.1 Å². The Bertz CT molecular complexity index is 1080. The van der Waals surface area contributed by atoms with Crippen molar-refractivity contribution in [3.63, 3.8) is 0 Å². The number of benzene rings is 1. The highest BCUT2D eigenvalue weighted by Gasteiger charge is 2.30. The minimum absolute atomic E-state index is 0. The molecular formula is C15H17Cl2N7O4S. The van der Waals surface area contributed by atoms with Gasteiger partial charge in [-0.1, -0.05) is 0 Å². The number of hydrogen-bond acceptors (Lipinski definition) is 8. The van der Waals surface area contributed by atoms with Crippen LogP contribution in [0.1, 0.15) is 5.69 Å². The second-order valence-electron chi connectivity index (χ2n) is 5.12. The number of nitro benzene ring substituents is 1. The van der Waals surface area contributed by atoms with Gasteiger partial charge in [0, 0.05) is 11.6 Å². The summed E-state index contributed by atoms with van der Waals surface area (Å²) in [6.45, 7) is 0. The van der Waals surface area contributed by atoms with Crippen molar-refractivity contribution in [1.29, 1.82) is 0 Å². The van der Waals surface area contributed by atoms with E-state index in [4.69, 9.17) is 20.9 Å². The van der Waals surface area contributed by atoms with Crippen molar-refractivity contribution in [2.24, 2.45) is 21.7 Å². The second-order valence-corrected chi connectivity index (χ2v) is 5.99. The number of nitrogens with two attached hydrogens (primary N) is 2. The molecule has 0 unspecified atom stereocenters. The molecule has 2 aromatic heterocycles. The minimum atomic E-state index is -0.541. The maximum absolute atomic E-state index is 11.8. The third-order valence-corrected chi connectivity index (χ3v) is 4.37. The molecule has 14 heteroatoms. The van der Waals surface area contributed by atoms with Crippen molar-refractivity contribution >= 4 is 59.0 Å². The first-order chi connectivity index (χ1) is 13.0. The lowest BCUT2D eigenvalue weighted by Gasteiger charge is -2.11. The van der Waals surface area contributed by atoms with E-state index in [0.29, 0.717) is 16.3 Å². The Morgan fingerprint density at radius 2 is 1.93 bits per heavy atom. The standard InChI is InChI=1S/C15H15N7O4S.2ClH/c1-25-9-3-4-10(26-2)13(22(23)24)11(9)12-8(7-18-20-14(16)17)21-5-6-27-15(21)19-12;;/h3-7H,1-2H3,(H4,16,17,20);2*1H/b18-7+;;. The molecule has 156 valence electrons. The Balaban J connectivity index is 0.00000210. The van der Waals surface area contributed by atoms with Crippen molar-refractivity contribution in [2.75, 3.05) is 14.2 Å². The molecule has 0 saturated carbocycles. The highest BCUT2D eigenvalue weighted by Crippen LogP contribution is 2.44. The van der Waals surface area contributed by atoms with Gasteiger partial charge in [-0.15, -0.1) is 41.3 Å². The molecule has 0 saturated heterocycles. The van der Waals surface area contributed by atoms with Gasteiger partial charge in [0.05, 0.1) is 31.1 Å². The van der Waals surface area contributed by atoms with Gasteiger partial charge in [0.1, 0.15) is 17.0 Å². The van der Waals surface area contributed by atoms with Crippen molar-refractivity contribution < 1.29 is 14.4 Å². The number of guanidine groups is 1. The maximum Gasteiger partial charge on any atom is 0.324 e. The first-order valence-corrected chi connectivity index (χ1v) is 8.33. The number of nitrogens with zero attached hydrogens (tertiary/aromatic N) is 5. The van der Waals surface area contributed by atoms with Crippen LogP contribution < -0.4 is 20.9 Å². The largest absolute Gasteiger partial charge is 0.496 e. The molecule has 4 N–H and O–H groups in total. The minimum Gasteiger partial charge on any atom is -0.496 e. The summed E-state index contributed by atoms with van der Waals surface area (Å²) < 4.78 is 12.2. The Morgan fingerprint density at radius 3 is 2.52 bits per heavy atom. The van der Waals surface area contributed by atoms with Crippen LogP contribution in [0.4, 0.5) is 5.69 Å². The number of imidazole rings is 1. The van der Waals surface area contributed by atoms with E-state index in [-0.39, 0.29) is 53.5 Å². The van der Waals surface area contributed by atoms with Crippen LogP contribution in [0.3, 0.4) is 0 Å². The number of halogens is 2. The van der Waals surface area contributed by atoms with Crippen molar-refractivity contribution in [3.05, 3.63) is 39.5 Å². The van der Waals surface area contributed by atoms with E-state index in [0.717, 1.165) is 0 Å². The lowest BCUT2D eigenvalue weighted by Crippen LogP contribution is -2.21. The van der Waals surface area contributed by atoms with Crippen LogP contribution in [-0.2, 0) is 0 Å². The van der Waals surface area contributed by atoms with E-state index in [1.807, 2.05) is 5.38 Å². The first-order valence-electron chi connectivity index (χ1n) is 7.45. The lowest BCUT2D eigenvalue weighted by molar-refractivity contribution is -0.385. The van der Waals surface area contributed by atoms with Crippen LogP contribution in [0.5, 0.6) is 11.5 Å². The molecule has 1 aromatic carbocycles. The number of thiazole rings is 1. The van der Waals surface area contributed by atoms with Crippen LogP contribution in [-0.4, -0.2) is 40.7 Å². The fourth-order valence-corrected chi connectivity index (χ4v) is 3.28. The van der Waals surface area contributed by atoms with E-state index in [1.165, 1.54) is 37.8 Å². The van der Waals surface area contributed by atoms with E-state index >= 15 is 0 Å². The predicted molar refractivity (Wildman–Crippen MR) is 116 cm³/mol. The molecule has 0 fully saturated rings. The molecule has 3 rings (SSSR count). The third kappa shape index (κ3) is 4.50. The second kappa shape index (κ2) is 9.91. The van der Waals surface area contributed by atoms with Gasteiger partial charge < -0.3 is 20.9 Å². The Kier molecular flexibility index (Phi) is 8.18. The summed E-state index contributed by atoms with van der Waals surface area (Å²) in [6, 6.07) is 3.04. The molecule has 0 amide bonds. The summed E-state index contributed by atoms with van der Waals surface area (Å²) in [5, 5.41) is 21.0. The fourth-order valence-electron chi connectivity index (χ4n) is 2.56. The van der Waals surface area contributed by atoms with Gasteiger partial charge in [0.15, 0.2) is 10.7 Å².